The second kappa shape index (κ2) is 9.02. The van der Waals surface area contributed by atoms with Crippen LogP contribution in [0.1, 0.15) is 27.2 Å². The lowest BCUT2D eigenvalue weighted by atomic mass is 10.1. The number of nitrogens with one attached hydrogen (secondary N) is 2. The standard InChI is InChI=1S/C21H21FN2O4S/c1-15-4-9-19(29(26,27)24-14-18-3-2-12-28-18)13-20(15)21(25)23-11-10-16-5-7-17(22)8-6-16/h2-9,12-13,24H,10-11,14H2,1H3,(H,23,25). The Bertz CT molecular complexity index is 1080. The predicted molar refractivity (Wildman–Crippen MR) is 106 cm³/mol. The molecule has 8 heteroatoms. The van der Waals surface area contributed by atoms with Gasteiger partial charge in [0.05, 0.1) is 17.7 Å². The van der Waals surface area contributed by atoms with Gasteiger partial charge in [-0.15, -0.1) is 0 Å². The monoisotopic (exact) mass is 416 g/mol. The van der Waals surface area contributed by atoms with Crippen LogP contribution in [0.25, 0.3) is 0 Å². The fourth-order valence-corrected chi connectivity index (χ4v) is 3.76. The molecule has 0 radical (unpaired) electrons. The van der Waals surface area contributed by atoms with Gasteiger partial charge in [0.25, 0.3) is 5.91 Å². The average molecular weight is 416 g/mol. The molecule has 152 valence electrons. The van der Waals surface area contributed by atoms with Gasteiger partial charge in [-0.3, -0.25) is 4.79 Å². The summed E-state index contributed by atoms with van der Waals surface area (Å²) in [6.07, 6.45) is 2.00. The van der Waals surface area contributed by atoms with Crippen LogP contribution in [0, 0.1) is 12.7 Å². The van der Waals surface area contributed by atoms with Gasteiger partial charge in [0, 0.05) is 12.1 Å². The van der Waals surface area contributed by atoms with Crippen molar-refractivity contribution in [1.29, 1.82) is 0 Å². The zero-order valence-corrected chi connectivity index (χ0v) is 16.6. The van der Waals surface area contributed by atoms with Crippen LogP contribution in [0.15, 0.2) is 70.2 Å². The molecular weight excluding hydrogens is 395 g/mol. The molecule has 3 aromatic rings. The smallest absolute Gasteiger partial charge is 0.251 e. The molecule has 0 bridgehead atoms. The Labute approximate surface area is 168 Å². The molecule has 0 aliphatic rings. The quantitative estimate of drug-likeness (QED) is 0.590. The second-order valence-electron chi connectivity index (χ2n) is 6.51. The third-order valence-electron chi connectivity index (χ3n) is 4.39. The Kier molecular flexibility index (Phi) is 6.46. The number of carbonyl (C=O) groups is 1. The van der Waals surface area contributed by atoms with E-state index in [9.17, 15) is 17.6 Å². The third-order valence-corrected chi connectivity index (χ3v) is 5.79. The predicted octanol–water partition coefficient (Wildman–Crippen LogP) is 3.18. The van der Waals surface area contributed by atoms with E-state index in [1.807, 2.05) is 0 Å². The molecule has 0 fully saturated rings. The Morgan fingerprint density at radius 1 is 1.10 bits per heavy atom. The minimum Gasteiger partial charge on any atom is -0.468 e. The van der Waals surface area contributed by atoms with Gasteiger partial charge in [0.15, 0.2) is 0 Å². The van der Waals surface area contributed by atoms with E-state index >= 15 is 0 Å². The Morgan fingerprint density at radius 3 is 2.55 bits per heavy atom. The van der Waals surface area contributed by atoms with Crippen molar-refractivity contribution in [2.75, 3.05) is 6.54 Å². The van der Waals surface area contributed by atoms with Crippen LogP contribution in [-0.2, 0) is 23.0 Å². The van der Waals surface area contributed by atoms with Gasteiger partial charge in [-0.2, -0.15) is 0 Å². The summed E-state index contributed by atoms with van der Waals surface area (Å²) < 4.78 is 45.6. The zero-order valence-electron chi connectivity index (χ0n) is 15.8. The maximum Gasteiger partial charge on any atom is 0.251 e. The minimum absolute atomic E-state index is 0.00154. The number of rotatable bonds is 8. The zero-order chi connectivity index (χ0) is 20.9. The van der Waals surface area contributed by atoms with E-state index in [-0.39, 0.29) is 28.7 Å². The highest BCUT2D eigenvalue weighted by Crippen LogP contribution is 2.16. The van der Waals surface area contributed by atoms with E-state index in [1.165, 1.54) is 30.5 Å². The van der Waals surface area contributed by atoms with Crippen LogP contribution in [-0.4, -0.2) is 20.9 Å². The van der Waals surface area contributed by atoms with Crippen molar-refractivity contribution in [3.05, 3.63) is 89.1 Å². The average Bonchev–Trinajstić information content (AvgIpc) is 3.22. The largest absolute Gasteiger partial charge is 0.468 e. The highest BCUT2D eigenvalue weighted by Gasteiger charge is 2.18. The van der Waals surface area contributed by atoms with E-state index in [2.05, 4.69) is 10.0 Å². The maximum absolute atomic E-state index is 12.9. The number of furan rings is 1. The van der Waals surface area contributed by atoms with E-state index in [1.54, 1.807) is 37.3 Å². The molecule has 29 heavy (non-hydrogen) atoms. The van der Waals surface area contributed by atoms with Crippen LogP contribution in [0.4, 0.5) is 4.39 Å². The molecule has 0 spiro atoms. The molecule has 1 heterocycles. The summed E-state index contributed by atoms with van der Waals surface area (Å²) in [5.74, 6) is -0.195. The SMILES string of the molecule is Cc1ccc(S(=O)(=O)NCc2ccco2)cc1C(=O)NCCc1ccc(F)cc1. The van der Waals surface area contributed by atoms with Crippen molar-refractivity contribution in [3.8, 4) is 0 Å². The van der Waals surface area contributed by atoms with Gasteiger partial charge in [0.2, 0.25) is 10.0 Å². The number of carbonyl (C=O) groups excluding carboxylic acids is 1. The van der Waals surface area contributed by atoms with E-state index in [4.69, 9.17) is 4.42 Å². The van der Waals surface area contributed by atoms with Crippen molar-refractivity contribution in [2.45, 2.75) is 24.8 Å². The lowest BCUT2D eigenvalue weighted by Crippen LogP contribution is -2.27. The lowest BCUT2D eigenvalue weighted by Gasteiger charge is -2.11. The van der Waals surface area contributed by atoms with Gasteiger partial charge in [-0.25, -0.2) is 17.5 Å². The molecule has 6 nitrogen and oxygen atoms in total. The summed E-state index contributed by atoms with van der Waals surface area (Å²) in [6, 6.07) is 13.8. The van der Waals surface area contributed by atoms with E-state index < -0.39 is 10.0 Å². The third kappa shape index (κ3) is 5.52. The molecule has 2 aromatic carbocycles. The molecule has 2 N–H and O–H groups in total. The van der Waals surface area contributed by atoms with Crippen molar-refractivity contribution in [1.82, 2.24) is 10.0 Å². The molecule has 0 saturated heterocycles. The summed E-state index contributed by atoms with van der Waals surface area (Å²) in [5.41, 5.74) is 1.83. The summed E-state index contributed by atoms with van der Waals surface area (Å²) in [7, 11) is -3.80. The number of aryl methyl sites for hydroxylation is 1. The topological polar surface area (TPSA) is 88.4 Å². The Morgan fingerprint density at radius 2 is 1.86 bits per heavy atom. The summed E-state index contributed by atoms with van der Waals surface area (Å²) >= 11 is 0. The van der Waals surface area contributed by atoms with Gasteiger partial charge < -0.3 is 9.73 Å². The number of hydrogen-bond acceptors (Lipinski definition) is 4. The molecule has 1 amide bonds. The molecule has 1 aromatic heterocycles. The molecule has 0 saturated carbocycles. The molecule has 0 aliphatic carbocycles. The van der Waals surface area contributed by atoms with Crippen molar-refractivity contribution in [3.63, 3.8) is 0 Å². The molecule has 0 unspecified atom stereocenters. The van der Waals surface area contributed by atoms with E-state index in [0.29, 0.717) is 24.3 Å². The normalized spacial score (nSPS) is 11.4. The van der Waals surface area contributed by atoms with Gasteiger partial charge in [0.1, 0.15) is 11.6 Å². The van der Waals surface area contributed by atoms with Gasteiger partial charge >= 0.3 is 0 Å². The minimum atomic E-state index is -3.80. The Balaban J connectivity index is 1.65. The number of hydrogen-bond donors (Lipinski definition) is 2. The first-order valence-corrected chi connectivity index (χ1v) is 10.5. The molecular formula is C21H21FN2O4S. The fraction of sp³-hybridized carbons (Fsp3) is 0.190. The van der Waals surface area contributed by atoms with E-state index in [0.717, 1.165) is 5.56 Å². The first-order chi connectivity index (χ1) is 13.8. The first-order valence-electron chi connectivity index (χ1n) is 9.00. The maximum atomic E-state index is 12.9. The fourth-order valence-electron chi connectivity index (χ4n) is 2.74. The highest BCUT2D eigenvalue weighted by molar-refractivity contribution is 7.89. The van der Waals surface area contributed by atoms with Crippen molar-refractivity contribution >= 4 is 15.9 Å². The first kappa shape index (κ1) is 20.8. The van der Waals surface area contributed by atoms with Crippen molar-refractivity contribution in [2.24, 2.45) is 0 Å². The number of halogens is 1. The molecule has 0 atom stereocenters. The Hall–Kier alpha value is -2.97. The summed E-state index contributed by atoms with van der Waals surface area (Å²) in [4.78, 5) is 12.5. The van der Waals surface area contributed by atoms with Crippen LogP contribution in [0.3, 0.4) is 0 Å². The van der Waals surface area contributed by atoms with Crippen LogP contribution >= 0.6 is 0 Å². The number of benzene rings is 2. The van der Waals surface area contributed by atoms with Crippen molar-refractivity contribution < 1.29 is 22.0 Å². The second-order valence-corrected chi connectivity index (χ2v) is 8.28. The number of sulfonamides is 1. The number of amides is 1. The summed E-state index contributed by atoms with van der Waals surface area (Å²) in [5, 5.41) is 2.77. The van der Waals surface area contributed by atoms with Crippen LogP contribution < -0.4 is 10.0 Å². The van der Waals surface area contributed by atoms with Gasteiger partial charge in [-0.1, -0.05) is 18.2 Å². The molecule has 3 rings (SSSR count). The summed E-state index contributed by atoms with van der Waals surface area (Å²) in [6.45, 7) is 2.10. The lowest BCUT2D eigenvalue weighted by molar-refractivity contribution is 0.0953. The van der Waals surface area contributed by atoms with Gasteiger partial charge in [-0.05, 0) is 60.9 Å². The molecule has 0 aliphatic heterocycles. The van der Waals surface area contributed by atoms with Crippen LogP contribution in [0.5, 0.6) is 0 Å². The van der Waals surface area contributed by atoms with Crippen LogP contribution in [0.2, 0.25) is 0 Å². The highest BCUT2D eigenvalue weighted by atomic mass is 32.2.